The van der Waals surface area contributed by atoms with Crippen molar-refractivity contribution in [3.63, 3.8) is 0 Å². The van der Waals surface area contributed by atoms with E-state index in [2.05, 4.69) is 94.1 Å². The molecule has 0 aromatic heterocycles. The van der Waals surface area contributed by atoms with Crippen LogP contribution in [0, 0.1) is 0 Å². The summed E-state index contributed by atoms with van der Waals surface area (Å²) in [5.41, 5.74) is 17.2. The van der Waals surface area contributed by atoms with E-state index in [1.807, 2.05) is 0 Å². The molecule has 4 heterocycles. The fourth-order valence-corrected chi connectivity index (χ4v) is 7.41. The molecule has 2 nitrogen and oxygen atoms in total. The van der Waals surface area contributed by atoms with E-state index in [-0.39, 0.29) is 5.66 Å². The van der Waals surface area contributed by atoms with Gasteiger partial charge in [0.05, 0.1) is 24.0 Å². The van der Waals surface area contributed by atoms with E-state index < -0.39 is 0 Å². The average Bonchev–Trinajstić information content (AvgIpc) is 3.54. The van der Waals surface area contributed by atoms with Crippen molar-refractivity contribution in [2.45, 2.75) is 24.9 Å². The van der Waals surface area contributed by atoms with Crippen LogP contribution in [0.1, 0.15) is 44.5 Å². The number of fused-ring (bicyclic) bond motifs is 6. The summed E-state index contributed by atoms with van der Waals surface area (Å²) in [5, 5.41) is 0. The van der Waals surface area contributed by atoms with Gasteiger partial charge in [-0.25, -0.2) is 0 Å². The number of para-hydroxylation sites is 2. The summed E-state index contributed by atoms with van der Waals surface area (Å²) >= 11 is 0. The highest BCUT2D eigenvalue weighted by atomic mass is 15.4. The van der Waals surface area contributed by atoms with E-state index in [9.17, 15) is 0 Å². The van der Waals surface area contributed by atoms with Gasteiger partial charge in [-0.05, 0) is 29.7 Å². The van der Waals surface area contributed by atoms with Gasteiger partial charge in [0, 0.05) is 23.3 Å². The fourth-order valence-electron chi connectivity index (χ4n) is 7.41. The summed E-state index contributed by atoms with van der Waals surface area (Å²) in [4.78, 5) is 0. The smallest absolute Gasteiger partial charge is 0.122 e. The zero-order valence-corrected chi connectivity index (χ0v) is 17.6. The lowest BCUT2D eigenvalue weighted by Crippen LogP contribution is -2.45. The quantitative estimate of drug-likeness (QED) is 0.353. The van der Waals surface area contributed by atoms with Gasteiger partial charge in [-0.1, -0.05) is 60.7 Å². The molecule has 0 unspecified atom stereocenters. The van der Waals surface area contributed by atoms with Gasteiger partial charge in [-0.3, -0.25) is 0 Å². The van der Waals surface area contributed by atoms with Gasteiger partial charge in [0.1, 0.15) is 11.1 Å². The molecule has 4 aliphatic heterocycles. The highest BCUT2D eigenvalue weighted by Gasteiger charge is 2.74. The van der Waals surface area contributed by atoms with Gasteiger partial charge >= 0.3 is 5.66 Å². The first-order chi connectivity index (χ1) is 15.9. The van der Waals surface area contributed by atoms with Crippen LogP contribution >= 0.6 is 0 Å². The molecule has 0 fully saturated rings. The topological polar surface area (TPSA) is 6.02 Å². The highest BCUT2D eigenvalue weighted by Crippen LogP contribution is 2.60. The minimum atomic E-state index is -0.306. The molecule has 1 aliphatic carbocycles. The van der Waals surface area contributed by atoms with Gasteiger partial charge in [-0.2, -0.15) is 0 Å². The summed E-state index contributed by atoms with van der Waals surface area (Å²) < 4.78 is 5.43. The molecule has 0 saturated heterocycles. The molecule has 0 saturated carbocycles. The van der Waals surface area contributed by atoms with Crippen LogP contribution in [0.2, 0.25) is 0 Å². The Morgan fingerprint density at radius 3 is 1.47 bits per heavy atom. The van der Waals surface area contributed by atoms with Crippen LogP contribution in [-0.2, 0) is 24.9 Å². The monoisotopic (exact) mass is 408 g/mol. The van der Waals surface area contributed by atoms with Crippen molar-refractivity contribution in [1.82, 2.24) is 0 Å². The maximum absolute atomic E-state index is 2.72. The molecule has 2 heteroatoms. The van der Waals surface area contributed by atoms with Gasteiger partial charge in [0.15, 0.2) is 0 Å². The second kappa shape index (κ2) is 4.99. The lowest BCUT2D eigenvalue weighted by Gasteiger charge is -2.29. The van der Waals surface area contributed by atoms with Crippen LogP contribution in [0.15, 0.2) is 84.9 Å². The molecular weight excluding hydrogens is 388 g/mol. The Bertz CT molecular complexity index is 1530. The summed E-state index contributed by atoms with van der Waals surface area (Å²) in [7, 11) is 0. The molecule has 148 valence electrons. The Balaban J connectivity index is 1.53. The number of nitrogens with zero attached hydrogens (tertiary/aromatic N) is 2. The van der Waals surface area contributed by atoms with E-state index in [1.54, 1.807) is 0 Å². The molecule has 1 spiro atoms. The molecule has 4 aromatic rings. The molecule has 0 amide bonds. The highest BCUT2D eigenvalue weighted by molar-refractivity contribution is 6.09. The first kappa shape index (κ1) is 15.9. The Hall–Kier alpha value is -3.78. The maximum Gasteiger partial charge on any atom is 0.418 e. The Morgan fingerprint density at radius 2 is 0.938 bits per heavy atom. The van der Waals surface area contributed by atoms with Crippen LogP contribution in [0.3, 0.4) is 0 Å². The zero-order valence-electron chi connectivity index (χ0n) is 17.6. The predicted molar refractivity (Wildman–Crippen MR) is 125 cm³/mol. The first-order valence-electron chi connectivity index (χ1n) is 11.6. The molecular formula is C30H20N2+2. The lowest BCUT2D eigenvalue weighted by molar-refractivity contribution is -0.754. The standard InChI is InChI=1S/C30H20N2/c1-3-13-24-18(7-1)16-26-22-11-5-9-20-15-21-10-6-12-23-27-17-19-8-2-4-14-25(19)32(27)30(28(20)22,29(21)23)31(24)26/h1-14H,15-17H2/q+2. The van der Waals surface area contributed by atoms with Crippen molar-refractivity contribution < 1.29 is 9.15 Å². The molecule has 0 bridgehead atoms. The largest absolute Gasteiger partial charge is 0.418 e. The Kier molecular flexibility index (Phi) is 2.49. The van der Waals surface area contributed by atoms with Crippen LogP contribution < -0.4 is 0 Å². The van der Waals surface area contributed by atoms with Gasteiger partial charge in [0.25, 0.3) is 0 Å². The van der Waals surface area contributed by atoms with E-state index >= 15 is 0 Å². The van der Waals surface area contributed by atoms with Crippen LogP contribution in [0.25, 0.3) is 0 Å². The zero-order chi connectivity index (χ0) is 20.6. The third-order valence-corrected chi connectivity index (χ3v) is 8.37. The number of hydrogen-bond acceptors (Lipinski definition) is 0. The minimum Gasteiger partial charge on any atom is -0.122 e. The van der Waals surface area contributed by atoms with Crippen molar-refractivity contribution in [2.24, 2.45) is 0 Å². The SMILES string of the molecule is c1ccc2c(c1)CC1=[N+]2C23c4c(cccc41)Cc1cccc(c12)C1=[N+]3c2ccccc2C1. The van der Waals surface area contributed by atoms with Crippen LogP contribution in [-0.4, -0.2) is 20.6 Å². The van der Waals surface area contributed by atoms with Crippen molar-refractivity contribution >= 4 is 22.8 Å². The number of rotatable bonds is 0. The van der Waals surface area contributed by atoms with Gasteiger partial charge in [0.2, 0.25) is 22.8 Å². The molecule has 4 aromatic carbocycles. The Labute approximate surface area is 186 Å². The van der Waals surface area contributed by atoms with Crippen molar-refractivity contribution in [3.8, 4) is 0 Å². The van der Waals surface area contributed by atoms with E-state index in [0.717, 1.165) is 19.3 Å². The number of hydrogen-bond donors (Lipinski definition) is 0. The third kappa shape index (κ3) is 1.48. The lowest BCUT2D eigenvalue weighted by atomic mass is 9.75. The fraction of sp³-hybridized carbons (Fsp3) is 0.133. The van der Waals surface area contributed by atoms with Crippen molar-refractivity contribution in [1.29, 1.82) is 0 Å². The third-order valence-electron chi connectivity index (χ3n) is 8.37. The molecule has 0 N–H and O–H groups in total. The maximum atomic E-state index is 2.72. The van der Waals surface area contributed by atoms with Crippen molar-refractivity contribution in [3.05, 3.63) is 129 Å². The normalized spacial score (nSPS) is 18.9. The summed E-state index contributed by atoms with van der Waals surface area (Å²) in [5.74, 6) is 0. The van der Waals surface area contributed by atoms with Gasteiger partial charge in [-0.15, -0.1) is 9.15 Å². The first-order valence-corrected chi connectivity index (χ1v) is 11.6. The second-order valence-electron chi connectivity index (χ2n) is 9.70. The van der Waals surface area contributed by atoms with E-state index in [1.165, 1.54) is 67.3 Å². The van der Waals surface area contributed by atoms with Crippen LogP contribution in [0.5, 0.6) is 0 Å². The molecule has 0 atom stereocenters. The Morgan fingerprint density at radius 1 is 0.469 bits per heavy atom. The second-order valence-corrected chi connectivity index (χ2v) is 9.70. The summed E-state index contributed by atoms with van der Waals surface area (Å²) in [6, 6.07) is 32.1. The van der Waals surface area contributed by atoms with E-state index in [0.29, 0.717) is 0 Å². The van der Waals surface area contributed by atoms with Crippen LogP contribution in [0.4, 0.5) is 11.4 Å². The molecule has 0 radical (unpaired) electrons. The average molecular weight is 409 g/mol. The van der Waals surface area contributed by atoms with E-state index in [4.69, 9.17) is 0 Å². The summed E-state index contributed by atoms with van der Waals surface area (Å²) in [6.45, 7) is 0. The molecule has 32 heavy (non-hydrogen) atoms. The van der Waals surface area contributed by atoms with Crippen molar-refractivity contribution in [2.75, 3.05) is 0 Å². The summed E-state index contributed by atoms with van der Waals surface area (Å²) in [6.07, 6.45) is 3.05. The number of benzene rings is 4. The predicted octanol–water partition coefficient (Wildman–Crippen LogP) is 5.20. The molecule has 5 aliphatic rings. The van der Waals surface area contributed by atoms with Gasteiger partial charge < -0.3 is 0 Å². The minimum absolute atomic E-state index is 0.306. The molecule has 9 rings (SSSR count).